The molecule has 144 valence electrons. The second kappa shape index (κ2) is 8.74. The monoisotopic (exact) mass is 384 g/mol. The summed E-state index contributed by atoms with van der Waals surface area (Å²) in [7, 11) is 0. The van der Waals surface area contributed by atoms with E-state index >= 15 is 0 Å². The fourth-order valence-corrected chi connectivity index (χ4v) is 3.95. The Morgan fingerprint density at radius 2 is 1.89 bits per heavy atom. The van der Waals surface area contributed by atoms with Crippen LogP contribution in [-0.2, 0) is 4.79 Å². The van der Waals surface area contributed by atoms with Crippen LogP contribution in [0.25, 0.3) is 11.3 Å². The number of aromatic nitrogens is 2. The minimum Gasteiger partial charge on any atom is -0.369 e. The highest BCUT2D eigenvalue weighted by atomic mass is 32.2. The lowest BCUT2D eigenvalue weighted by atomic mass is 9.96. The standard InChI is InChI=1S/C21H28N4OS/c1-14(2)13-27-21-23-18(16-6-4-15(3)5-7-16)12-19(24-21)25-10-8-17(9-11-25)20(22)26/h4-7,12,14,17H,8-11,13H2,1-3H3,(H2,22,26). The van der Waals surface area contributed by atoms with Crippen LogP contribution < -0.4 is 10.6 Å². The highest BCUT2D eigenvalue weighted by Gasteiger charge is 2.24. The van der Waals surface area contributed by atoms with Gasteiger partial charge in [0.15, 0.2) is 5.16 Å². The van der Waals surface area contributed by atoms with Crippen molar-refractivity contribution in [3.05, 3.63) is 35.9 Å². The molecule has 3 rings (SSSR count). The molecule has 1 amide bonds. The normalized spacial score (nSPS) is 15.3. The summed E-state index contributed by atoms with van der Waals surface area (Å²) in [6.07, 6.45) is 1.57. The van der Waals surface area contributed by atoms with E-state index in [1.807, 2.05) is 0 Å². The van der Waals surface area contributed by atoms with Gasteiger partial charge in [0.2, 0.25) is 5.91 Å². The molecule has 2 N–H and O–H groups in total. The lowest BCUT2D eigenvalue weighted by Crippen LogP contribution is -2.39. The van der Waals surface area contributed by atoms with Crippen molar-refractivity contribution in [3.8, 4) is 11.3 Å². The lowest BCUT2D eigenvalue weighted by Gasteiger charge is -2.31. The zero-order valence-electron chi connectivity index (χ0n) is 16.3. The number of nitrogens with two attached hydrogens (primary N) is 1. The summed E-state index contributed by atoms with van der Waals surface area (Å²) in [5, 5.41) is 0.814. The molecule has 6 heteroatoms. The van der Waals surface area contributed by atoms with E-state index in [2.05, 4.69) is 56.0 Å². The summed E-state index contributed by atoms with van der Waals surface area (Å²) in [4.78, 5) is 23.3. The lowest BCUT2D eigenvalue weighted by molar-refractivity contribution is -0.122. The SMILES string of the molecule is Cc1ccc(-c2cc(N3CCC(C(N)=O)CC3)nc(SCC(C)C)n2)cc1. The van der Waals surface area contributed by atoms with Gasteiger partial charge in [-0.3, -0.25) is 4.79 Å². The van der Waals surface area contributed by atoms with Gasteiger partial charge < -0.3 is 10.6 Å². The third-order valence-electron chi connectivity index (χ3n) is 4.81. The van der Waals surface area contributed by atoms with Crippen molar-refractivity contribution in [2.45, 2.75) is 38.8 Å². The second-order valence-electron chi connectivity index (χ2n) is 7.63. The van der Waals surface area contributed by atoms with Crippen molar-refractivity contribution >= 4 is 23.5 Å². The van der Waals surface area contributed by atoms with Gasteiger partial charge in [0, 0.05) is 36.4 Å². The molecule has 0 atom stereocenters. The third-order valence-corrected chi connectivity index (χ3v) is 6.08. The molecule has 0 bridgehead atoms. The van der Waals surface area contributed by atoms with Crippen LogP contribution >= 0.6 is 11.8 Å². The topological polar surface area (TPSA) is 72.1 Å². The average molecular weight is 385 g/mol. The molecule has 2 heterocycles. The summed E-state index contributed by atoms with van der Waals surface area (Å²) in [6, 6.07) is 10.5. The van der Waals surface area contributed by atoms with Crippen LogP contribution in [0.4, 0.5) is 5.82 Å². The van der Waals surface area contributed by atoms with Gasteiger partial charge in [0.25, 0.3) is 0 Å². The van der Waals surface area contributed by atoms with E-state index in [9.17, 15) is 4.79 Å². The quantitative estimate of drug-likeness (QED) is 0.604. The average Bonchev–Trinajstić information content (AvgIpc) is 2.67. The number of benzene rings is 1. The van der Waals surface area contributed by atoms with E-state index in [1.54, 1.807) is 11.8 Å². The van der Waals surface area contributed by atoms with E-state index in [1.165, 1.54) is 5.56 Å². The van der Waals surface area contributed by atoms with Crippen LogP contribution in [-0.4, -0.2) is 34.7 Å². The maximum atomic E-state index is 11.4. The fourth-order valence-electron chi connectivity index (χ4n) is 3.15. The minimum atomic E-state index is -0.189. The zero-order valence-corrected chi connectivity index (χ0v) is 17.1. The van der Waals surface area contributed by atoms with Gasteiger partial charge in [-0.1, -0.05) is 55.4 Å². The molecule has 0 aliphatic carbocycles. The summed E-state index contributed by atoms with van der Waals surface area (Å²) in [5.41, 5.74) is 8.75. The Morgan fingerprint density at radius 3 is 2.48 bits per heavy atom. The first-order chi connectivity index (χ1) is 12.9. The first-order valence-corrected chi connectivity index (χ1v) is 10.5. The van der Waals surface area contributed by atoms with Gasteiger partial charge in [-0.05, 0) is 25.7 Å². The highest BCUT2D eigenvalue weighted by Crippen LogP contribution is 2.29. The predicted octanol–water partition coefficient (Wildman–Crippen LogP) is 3.90. The van der Waals surface area contributed by atoms with E-state index in [4.69, 9.17) is 15.7 Å². The largest absolute Gasteiger partial charge is 0.369 e. The van der Waals surface area contributed by atoms with Gasteiger partial charge >= 0.3 is 0 Å². The smallest absolute Gasteiger partial charge is 0.220 e. The Morgan fingerprint density at radius 1 is 1.22 bits per heavy atom. The number of hydrogen-bond donors (Lipinski definition) is 1. The Hall–Kier alpha value is -2.08. The van der Waals surface area contributed by atoms with Gasteiger partial charge in [-0.25, -0.2) is 9.97 Å². The molecule has 1 aliphatic heterocycles. The number of nitrogens with zero attached hydrogens (tertiary/aromatic N) is 3. The van der Waals surface area contributed by atoms with Crippen molar-refractivity contribution in [1.82, 2.24) is 9.97 Å². The van der Waals surface area contributed by atoms with E-state index in [0.29, 0.717) is 5.92 Å². The number of aryl methyl sites for hydroxylation is 1. The maximum Gasteiger partial charge on any atom is 0.220 e. The number of piperidine rings is 1. The van der Waals surface area contributed by atoms with Gasteiger partial charge in [0.1, 0.15) is 5.82 Å². The number of thioether (sulfide) groups is 1. The van der Waals surface area contributed by atoms with Gasteiger partial charge in [0.05, 0.1) is 5.69 Å². The molecular formula is C21H28N4OS. The van der Waals surface area contributed by atoms with Crippen LogP contribution in [0.5, 0.6) is 0 Å². The first kappa shape index (κ1) is 19.7. The van der Waals surface area contributed by atoms with Crippen LogP contribution in [0.2, 0.25) is 0 Å². The molecule has 0 radical (unpaired) electrons. The molecule has 0 unspecified atom stereocenters. The third kappa shape index (κ3) is 5.22. The Balaban J connectivity index is 1.88. The summed E-state index contributed by atoms with van der Waals surface area (Å²) in [5.74, 6) is 2.30. The van der Waals surface area contributed by atoms with Crippen molar-refractivity contribution < 1.29 is 4.79 Å². The number of hydrogen-bond acceptors (Lipinski definition) is 5. The molecular weight excluding hydrogens is 356 g/mol. The van der Waals surface area contributed by atoms with E-state index < -0.39 is 0 Å². The van der Waals surface area contributed by atoms with Gasteiger partial charge in [-0.15, -0.1) is 0 Å². The molecule has 2 aromatic rings. The van der Waals surface area contributed by atoms with Crippen molar-refractivity contribution in [1.29, 1.82) is 0 Å². The predicted molar refractivity (Wildman–Crippen MR) is 112 cm³/mol. The summed E-state index contributed by atoms with van der Waals surface area (Å²) >= 11 is 1.70. The van der Waals surface area contributed by atoms with Crippen molar-refractivity contribution in [3.63, 3.8) is 0 Å². The molecule has 27 heavy (non-hydrogen) atoms. The number of carbonyl (C=O) groups excluding carboxylic acids is 1. The number of anilines is 1. The number of carbonyl (C=O) groups is 1. The first-order valence-electron chi connectivity index (χ1n) is 9.55. The fraction of sp³-hybridized carbons (Fsp3) is 0.476. The second-order valence-corrected chi connectivity index (χ2v) is 8.62. The minimum absolute atomic E-state index is 0.0190. The van der Waals surface area contributed by atoms with Crippen LogP contribution in [0, 0.1) is 18.8 Å². The van der Waals surface area contributed by atoms with Crippen LogP contribution in [0.1, 0.15) is 32.3 Å². The Bertz CT molecular complexity index is 783. The summed E-state index contributed by atoms with van der Waals surface area (Å²) in [6.45, 7) is 8.08. The molecule has 0 saturated carbocycles. The molecule has 1 aromatic heterocycles. The molecule has 1 aliphatic rings. The Kier molecular flexibility index (Phi) is 6.37. The van der Waals surface area contributed by atoms with E-state index in [0.717, 1.165) is 53.9 Å². The van der Waals surface area contributed by atoms with Crippen LogP contribution in [0.15, 0.2) is 35.5 Å². The number of rotatable bonds is 6. The van der Waals surface area contributed by atoms with Crippen molar-refractivity contribution in [2.75, 3.05) is 23.7 Å². The Labute approximate surface area is 165 Å². The molecule has 1 aromatic carbocycles. The zero-order chi connectivity index (χ0) is 19.4. The number of amides is 1. The van der Waals surface area contributed by atoms with Crippen LogP contribution in [0.3, 0.4) is 0 Å². The maximum absolute atomic E-state index is 11.4. The summed E-state index contributed by atoms with van der Waals surface area (Å²) < 4.78 is 0. The molecule has 1 fully saturated rings. The number of primary amides is 1. The van der Waals surface area contributed by atoms with E-state index in [-0.39, 0.29) is 11.8 Å². The molecule has 0 spiro atoms. The van der Waals surface area contributed by atoms with Crippen molar-refractivity contribution in [2.24, 2.45) is 17.6 Å². The molecule has 1 saturated heterocycles. The highest BCUT2D eigenvalue weighted by molar-refractivity contribution is 7.99. The molecule has 5 nitrogen and oxygen atoms in total. The van der Waals surface area contributed by atoms with Gasteiger partial charge in [-0.2, -0.15) is 0 Å².